The van der Waals surface area contributed by atoms with Gasteiger partial charge in [-0.25, -0.2) is 5.10 Å². The van der Waals surface area contributed by atoms with Gasteiger partial charge in [-0.2, -0.15) is 5.10 Å². The minimum absolute atomic E-state index is 0.0222. The summed E-state index contributed by atoms with van der Waals surface area (Å²) in [4.78, 5) is 11.8. The Labute approximate surface area is 111 Å². The van der Waals surface area contributed by atoms with Gasteiger partial charge in [-0.15, -0.1) is 0 Å². The highest BCUT2D eigenvalue weighted by molar-refractivity contribution is 5.42. The van der Waals surface area contributed by atoms with E-state index in [4.69, 9.17) is 5.73 Å². The lowest BCUT2D eigenvalue weighted by molar-refractivity contribution is 0.655. The number of nitrogen functional groups attached to an aromatic ring is 1. The Morgan fingerprint density at radius 3 is 2.79 bits per heavy atom. The van der Waals surface area contributed by atoms with Crippen LogP contribution < -0.4 is 11.3 Å². The van der Waals surface area contributed by atoms with Crippen LogP contribution in [0.5, 0.6) is 0 Å². The number of fused-ring (bicyclic) bond motifs is 1. The molecule has 0 saturated heterocycles. The number of rotatable bonds is 2. The average Bonchev–Trinajstić information content (AvgIpc) is 2.42. The number of aromatic amines is 1. The molecule has 1 aliphatic rings. The number of aromatic nitrogens is 2. The predicted octanol–water partition coefficient (Wildman–Crippen LogP) is 1.82. The molecule has 0 aliphatic heterocycles. The fourth-order valence-corrected chi connectivity index (χ4v) is 2.77. The first-order chi connectivity index (χ1) is 9.24. The van der Waals surface area contributed by atoms with Crippen LogP contribution in [0.3, 0.4) is 0 Å². The van der Waals surface area contributed by atoms with Crippen molar-refractivity contribution < 1.29 is 0 Å². The van der Waals surface area contributed by atoms with Crippen LogP contribution in [0.4, 0.5) is 5.69 Å². The lowest BCUT2D eigenvalue weighted by Crippen LogP contribution is -2.23. The molecule has 0 spiro atoms. The minimum Gasteiger partial charge on any atom is -0.399 e. The van der Waals surface area contributed by atoms with E-state index in [9.17, 15) is 4.79 Å². The molecule has 2 aromatic rings. The van der Waals surface area contributed by atoms with Crippen LogP contribution in [-0.4, -0.2) is 10.2 Å². The monoisotopic (exact) mass is 255 g/mol. The summed E-state index contributed by atoms with van der Waals surface area (Å²) in [5, 5.41) is 6.86. The molecule has 4 heteroatoms. The van der Waals surface area contributed by atoms with Gasteiger partial charge in [0.2, 0.25) is 0 Å². The number of hydrogen-bond acceptors (Lipinski definition) is 3. The van der Waals surface area contributed by atoms with Crippen molar-refractivity contribution >= 4 is 5.69 Å². The highest BCUT2D eigenvalue weighted by atomic mass is 16.1. The van der Waals surface area contributed by atoms with E-state index in [-0.39, 0.29) is 5.56 Å². The molecule has 0 fully saturated rings. The zero-order chi connectivity index (χ0) is 13.2. The quantitative estimate of drug-likeness (QED) is 0.804. The molecule has 0 saturated carbocycles. The molecule has 3 rings (SSSR count). The number of hydrogen-bond donors (Lipinski definition) is 2. The summed E-state index contributed by atoms with van der Waals surface area (Å²) in [5.41, 5.74) is 10.7. The number of benzene rings is 1. The Bertz CT molecular complexity index is 661. The molecule has 0 radical (unpaired) electrons. The second kappa shape index (κ2) is 4.88. The second-order valence-electron chi connectivity index (χ2n) is 5.09. The average molecular weight is 255 g/mol. The highest BCUT2D eigenvalue weighted by Crippen LogP contribution is 2.22. The van der Waals surface area contributed by atoms with E-state index in [1.165, 1.54) is 0 Å². The molecule has 4 nitrogen and oxygen atoms in total. The van der Waals surface area contributed by atoms with Crippen LogP contribution in [-0.2, 0) is 19.3 Å². The Kier molecular flexibility index (Phi) is 3.07. The van der Waals surface area contributed by atoms with Gasteiger partial charge < -0.3 is 5.73 Å². The van der Waals surface area contributed by atoms with Crippen LogP contribution in [0, 0.1) is 0 Å². The maximum absolute atomic E-state index is 11.8. The van der Waals surface area contributed by atoms with Crippen molar-refractivity contribution in [1.29, 1.82) is 0 Å². The molecule has 3 N–H and O–H groups in total. The first-order valence-corrected chi connectivity index (χ1v) is 6.68. The zero-order valence-electron chi connectivity index (χ0n) is 10.8. The summed E-state index contributed by atoms with van der Waals surface area (Å²) in [7, 11) is 0. The number of nitrogens with one attached hydrogen (secondary N) is 1. The largest absolute Gasteiger partial charge is 0.399 e. The third-order valence-corrected chi connectivity index (χ3v) is 3.71. The third kappa shape index (κ3) is 2.38. The highest BCUT2D eigenvalue weighted by Gasteiger charge is 2.17. The number of anilines is 1. The van der Waals surface area contributed by atoms with Crippen molar-refractivity contribution in [2.75, 3.05) is 5.73 Å². The van der Waals surface area contributed by atoms with E-state index in [0.717, 1.165) is 60.2 Å². The molecular weight excluding hydrogens is 238 g/mol. The summed E-state index contributed by atoms with van der Waals surface area (Å²) < 4.78 is 0. The van der Waals surface area contributed by atoms with E-state index >= 15 is 0 Å². The molecule has 1 aromatic heterocycles. The Morgan fingerprint density at radius 1 is 1.21 bits per heavy atom. The fraction of sp³-hybridized carbons (Fsp3) is 0.333. The van der Waals surface area contributed by atoms with E-state index in [0.29, 0.717) is 0 Å². The van der Waals surface area contributed by atoms with Gasteiger partial charge >= 0.3 is 0 Å². The van der Waals surface area contributed by atoms with Gasteiger partial charge in [0.25, 0.3) is 5.56 Å². The lowest BCUT2D eigenvalue weighted by Gasteiger charge is -2.17. The number of nitrogens with two attached hydrogens (primary N) is 1. The molecule has 0 bridgehead atoms. The summed E-state index contributed by atoms with van der Waals surface area (Å²) in [6, 6.07) is 7.82. The Balaban J connectivity index is 1.99. The van der Waals surface area contributed by atoms with Gasteiger partial charge in [-0.05, 0) is 48.9 Å². The van der Waals surface area contributed by atoms with Gasteiger partial charge in [0, 0.05) is 17.7 Å². The SMILES string of the molecule is Nc1cccc(Cc2n[nH]c(=O)c3c2CCCC3)c1. The summed E-state index contributed by atoms with van der Waals surface area (Å²) in [5.74, 6) is 0. The predicted molar refractivity (Wildman–Crippen MR) is 75.2 cm³/mol. The maximum atomic E-state index is 11.8. The Morgan fingerprint density at radius 2 is 2.00 bits per heavy atom. The first-order valence-electron chi connectivity index (χ1n) is 6.68. The zero-order valence-corrected chi connectivity index (χ0v) is 10.8. The van der Waals surface area contributed by atoms with Gasteiger partial charge in [0.1, 0.15) is 0 Å². The van der Waals surface area contributed by atoms with Crippen LogP contribution in [0.15, 0.2) is 29.1 Å². The minimum atomic E-state index is -0.0222. The van der Waals surface area contributed by atoms with Crippen molar-refractivity contribution in [3.8, 4) is 0 Å². The molecule has 0 atom stereocenters. The van der Waals surface area contributed by atoms with Crippen molar-refractivity contribution in [1.82, 2.24) is 10.2 Å². The summed E-state index contributed by atoms with van der Waals surface area (Å²) in [6.07, 6.45) is 4.80. The van der Waals surface area contributed by atoms with E-state index in [1.54, 1.807) is 0 Å². The molecule has 1 aliphatic carbocycles. The van der Waals surface area contributed by atoms with E-state index < -0.39 is 0 Å². The standard InChI is InChI=1S/C15H17N3O/c16-11-5-3-4-10(8-11)9-14-12-6-1-2-7-13(12)15(19)18-17-14/h3-5,8H,1-2,6-7,9,16H2,(H,18,19). The molecule has 1 heterocycles. The summed E-state index contributed by atoms with van der Waals surface area (Å²) >= 11 is 0. The van der Waals surface area contributed by atoms with Crippen molar-refractivity contribution in [2.24, 2.45) is 0 Å². The van der Waals surface area contributed by atoms with Crippen LogP contribution in [0.25, 0.3) is 0 Å². The smallest absolute Gasteiger partial charge is 0.267 e. The second-order valence-corrected chi connectivity index (χ2v) is 5.09. The molecule has 0 unspecified atom stereocenters. The normalized spacial score (nSPS) is 14.1. The third-order valence-electron chi connectivity index (χ3n) is 3.71. The first kappa shape index (κ1) is 12.0. The molecule has 0 amide bonds. The van der Waals surface area contributed by atoms with Gasteiger partial charge in [-0.1, -0.05) is 12.1 Å². The van der Waals surface area contributed by atoms with Crippen molar-refractivity contribution in [3.63, 3.8) is 0 Å². The maximum Gasteiger partial charge on any atom is 0.267 e. The van der Waals surface area contributed by atoms with Gasteiger partial charge in [0.15, 0.2) is 0 Å². The van der Waals surface area contributed by atoms with E-state index in [2.05, 4.69) is 10.2 Å². The number of nitrogens with zero attached hydrogens (tertiary/aromatic N) is 1. The van der Waals surface area contributed by atoms with E-state index in [1.807, 2.05) is 24.3 Å². The Hall–Kier alpha value is -2.10. The van der Waals surface area contributed by atoms with Gasteiger partial charge in [0.05, 0.1) is 5.69 Å². The van der Waals surface area contributed by atoms with Gasteiger partial charge in [-0.3, -0.25) is 4.79 Å². The lowest BCUT2D eigenvalue weighted by atomic mass is 9.90. The summed E-state index contributed by atoms with van der Waals surface area (Å²) in [6.45, 7) is 0. The molecule has 19 heavy (non-hydrogen) atoms. The van der Waals surface area contributed by atoms with Crippen molar-refractivity contribution in [2.45, 2.75) is 32.1 Å². The molecule has 1 aromatic carbocycles. The topological polar surface area (TPSA) is 71.8 Å². The molecule has 98 valence electrons. The van der Waals surface area contributed by atoms with Crippen LogP contribution in [0.1, 0.15) is 35.2 Å². The van der Waals surface area contributed by atoms with Crippen LogP contribution in [0.2, 0.25) is 0 Å². The van der Waals surface area contributed by atoms with Crippen LogP contribution >= 0.6 is 0 Å². The van der Waals surface area contributed by atoms with Crippen molar-refractivity contribution in [3.05, 3.63) is 57.0 Å². The fourth-order valence-electron chi connectivity index (χ4n) is 2.77. The molecular formula is C15H17N3O. The number of H-pyrrole nitrogens is 1.